The van der Waals surface area contributed by atoms with Crippen molar-refractivity contribution in [3.05, 3.63) is 93.5 Å². The van der Waals surface area contributed by atoms with E-state index in [1.165, 1.54) is 17.0 Å². The maximum Gasteiger partial charge on any atom is 0.264 e. The van der Waals surface area contributed by atoms with Gasteiger partial charge in [-0.1, -0.05) is 85.9 Å². The van der Waals surface area contributed by atoms with Gasteiger partial charge in [-0.15, -0.1) is 0 Å². The van der Waals surface area contributed by atoms with Crippen LogP contribution in [0.3, 0.4) is 0 Å². The minimum absolute atomic E-state index is 0.0604. The predicted octanol–water partition coefficient (Wildman–Crippen LogP) is 6.25. The van der Waals surface area contributed by atoms with E-state index in [4.69, 9.17) is 23.2 Å². The molecule has 1 N–H and O–H groups in total. The Morgan fingerprint density at radius 2 is 1.51 bits per heavy atom. The Morgan fingerprint density at radius 1 is 0.902 bits per heavy atom. The SMILES string of the molecule is CCc1ccccc1N(CC(=O)N(Cc1c(Cl)cccc1Cl)[C@H](C)C(=O)NCC(C)C)S(=O)(=O)c1ccc(C)cc1. The molecule has 0 unspecified atom stereocenters. The van der Waals surface area contributed by atoms with E-state index in [1.54, 1.807) is 49.4 Å². The predicted molar refractivity (Wildman–Crippen MR) is 166 cm³/mol. The van der Waals surface area contributed by atoms with E-state index in [9.17, 15) is 18.0 Å². The standard InChI is InChI=1S/C31H37Cl2N3O4S/c1-6-24-10-7-8-13-29(24)36(41(39,40)25-16-14-22(4)15-17-25)20-30(37)35(23(5)31(38)34-18-21(2)3)19-26-27(32)11-9-12-28(26)33/h7-17,21,23H,6,18-20H2,1-5H3,(H,34,38)/t23-/m1/s1. The number of nitrogens with one attached hydrogen (secondary N) is 1. The van der Waals surface area contributed by atoms with Crippen LogP contribution in [0.25, 0.3) is 0 Å². The maximum absolute atomic E-state index is 14.1. The largest absolute Gasteiger partial charge is 0.354 e. The minimum atomic E-state index is -4.16. The molecule has 10 heteroatoms. The summed E-state index contributed by atoms with van der Waals surface area (Å²) in [4.78, 5) is 28.7. The normalized spacial score (nSPS) is 12.2. The van der Waals surface area contributed by atoms with Crippen LogP contribution in [0, 0.1) is 12.8 Å². The molecule has 3 rings (SSSR count). The van der Waals surface area contributed by atoms with E-state index in [-0.39, 0.29) is 23.3 Å². The van der Waals surface area contributed by atoms with Gasteiger partial charge in [0.25, 0.3) is 10.0 Å². The summed E-state index contributed by atoms with van der Waals surface area (Å²) in [6.07, 6.45) is 0.553. The molecule has 0 aliphatic heterocycles. The second kappa shape index (κ2) is 14.2. The van der Waals surface area contributed by atoms with Crippen LogP contribution in [0.15, 0.2) is 71.6 Å². The second-order valence-electron chi connectivity index (χ2n) is 10.3. The van der Waals surface area contributed by atoms with Crippen LogP contribution in [0.4, 0.5) is 5.69 Å². The van der Waals surface area contributed by atoms with Crippen molar-refractivity contribution in [3.63, 3.8) is 0 Å². The van der Waals surface area contributed by atoms with Gasteiger partial charge in [-0.2, -0.15) is 0 Å². The Kier molecular flexibility index (Phi) is 11.2. The van der Waals surface area contributed by atoms with Crippen molar-refractivity contribution in [2.45, 2.75) is 58.5 Å². The van der Waals surface area contributed by atoms with Gasteiger partial charge in [-0.3, -0.25) is 13.9 Å². The fraction of sp³-hybridized carbons (Fsp3) is 0.355. The van der Waals surface area contributed by atoms with Gasteiger partial charge in [0.15, 0.2) is 0 Å². The molecule has 0 heterocycles. The number of hydrogen-bond donors (Lipinski definition) is 1. The van der Waals surface area contributed by atoms with Gasteiger partial charge < -0.3 is 10.2 Å². The number of hydrogen-bond acceptors (Lipinski definition) is 4. The van der Waals surface area contributed by atoms with Crippen LogP contribution >= 0.6 is 23.2 Å². The van der Waals surface area contributed by atoms with E-state index < -0.39 is 28.5 Å². The lowest BCUT2D eigenvalue weighted by molar-refractivity contribution is -0.139. The van der Waals surface area contributed by atoms with E-state index >= 15 is 0 Å². The van der Waals surface area contributed by atoms with Gasteiger partial charge in [-0.05, 0) is 62.1 Å². The molecule has 0 fully saturated rings. The van der Waals surface area contributed by atoms with E-state index in [0.29, 0.717) is 34.3 Å². The number of carbonyl (C=O) groups is 2. The second-order valence-corrected chi connectivity index (χ2v) is 13.0. The fourth-order valence-corrected chi connectivity index (χ4v) is 6.26. The molecule has 0 spiro atoms. The number of benzene rings is 3. The number of amides is 2. The first-order valence-electron chi connectivity index (χ1n) is 13.5. The van der Waals surface area contributed by atoms with Crippen LogP contribution in [-0.4, -0.2) is 44.3 Å². The van der Waals surface area contributed by atoms with Crippen molar-refractivity contribution in [2.24, 2.45) is 5.92 Å². The molecule has 0 saturated carbocycles. The number of sulfonamides is 1. The summed E-state index contributed by atoms with van der Waals surface area (Å²) in [7, 11) is -4.16. The first-order valence-corrected chi connectivity index (χ1v) is 15.7. The Morgan fingerprint density at radius 3 is 2.10 bits per heavy atom. The molecule has 2 amide bonds. The summed E-state index contributed by atoms with van der Waals surface area (Å²) in [5, 5.41) is 3.54. The summed E-state index contributed by atoms with van der Waals surface area (Å²) >= 11 is 12.9. The van der Waals surface area contributed by atoms with Crippen molar-refractivity contribution in [2.75, 3.05) is 17.4 Å². The van der Waals surface area contributed by atoms with E-state index in [0.717, 1.165) is 15.4 Å². The van der Waals surface area contributed by atoms with Crippen LogP contribution in [-0.2, 0) is 32.6 Å². The smallest absolute Gasteiger partial charge is 0.264 e. The van der Waals surface area contributed by atoms with Gasteiger partial charge in [0.1, 0.15) is 12.6 Å². The molecule has 220 valence electrons. The Balaban J connectivity index is 2.09. The lowest BCUT2D eigenvalue weighted by Crippen LogP contribution is -2.51. The highest BCUT2D eigenvalue weighted by molar-refractivity contribution is 7.92. The average molecular weight is 619 g/mol. The molecule has 7 nitrogen and oxygen atoms in total. The van der Waals surface area contributed by atoms with Crippen molar-refractivity contribution >= 4 is 50.7 Å². The van der Waals surface area contributed by atoms with Crippen LogP contribution in [0.2, 0.25) is 10.0 Å². The Bertz CT molecular complexity index is 1460. The molecule has 0 aliphatic rings. The lowest BCUT2D eigenvalue weighted by Gasteiger charge is -2.33. The molecule has 0 aliphatic carbocycles. The number of rotatable bonds is 12. The van der Waals surface area contributed by atoms with Gasteiger partial charge in [0, 0.05) is 28.7 Å². The van der Waals surface area contributed by atoms with Gasteiger partial charge >= 0.3 is 0 Å². The topological polar surface area (TPSA) is 86.8 Å². The molecule has 0 bridgehead atoms. The zero-order chi connectivity index (χ0) is 30.3. The van der Waals surface area contributed by atoms with Crippen molar-refractivity contribution in [1.82, 2.24) is 10.2 Å². The fourth-order valence-electron chi connectivity index (χ4n) is 4.29. The Labute approximate surface area is 253 Å². The van der Waals surface area contributed by atoms with E-state index in [1.807, 2.05) is 39.8 Å². The molecular formula is C31H37Cl2N3O4S. The van der Waals surface area contributed by atoms with Gasteiger partial charge in [0.05, 0.1) is 10.6 Å². The van der Waals surface area contributed by atoms with Crippen molar-refractivity contribution < 1.29 is 18.0 Å². The molecule has 41 heavy (non-hydrogen) atoms. The van der Waals surface area contributed by atoms with Crippen molar-refractivity contribution in [1.29, 1.82) is 0 Å². The molecule has 3 aromatic rings. The number of anilines is 1. The summed E-state index contributed by atoms with van der Waals surface area (Å²) < 4.78 is 29.2. The summed E-state index contributed by atoms with van der Waals surface area (Å²) in [5.41, 5.74) is 2.54. The van der Waals surface area contributed by atoms with Gasteiger partial charge in [0.2, 0.25) is 11.8 Å². The maximum atomic E-state index is 14.1. The highest BCUT2D eigenvalue weighted by atomic mass is 35.5. The average Bonchev–Trinajstić information content (AvgIpc) is 2.94. The highest BCUT2D eigenvalue weighted by Gasteiger charge is 2.33. The number of halogens is 2. The summed E-state index contributed by atoms with van der Waals surface area (Å²) in [6, 6.07) is 17.6. The lowest BCUT2D eigenvalue weighted by atomic mass is 10.1. The molecule has 3 aromatic carbocycles. The van der Waals surface area contributed by atoms with Crippen LogP contribution in [0.1, 0.15) is 44.4 Å². The molecule has 0 aromatic heterocycles. The highest BCUT2D eigenvalue weighted by Crippen LogP contribution is 2.30. The summed E-state index contributed by atoms with van der Waals surface area (Å²) in [5.74, 6) is -0.735. The molecule has 0 radical (unpaired) electrons. The van der Waals surface area contributed by atoms with Crippen LogP contribution in [0.5, 0.6) is 0 Å². The van der Waals surface area contributed by atoms with Crippen molar-refractivity contribution in [3.8, 4) is 0 Å². The zero-order valence-corrected chi connectivity index (χ0v) is 26.4. The van der Waals surface area contributed by atoms with E-state index in [2.05, 4.69) is 5.32 Å². The number of aryl methyl sites for hydroxylation is 2. The third-order valence-electron chi connectivity index (χ3n) is 6.77. The summed E-state index contributed by atoms with van der Waals surface area (Å²) in [6.45, 7) is 9.15. The minimum Gasteiger partial charge on any atom is -0.354 e. The molecule has 0 saturated heterocycles. The quantitative estimate of drug-likeness (QED) is 0.260. The first kappa shape index (κ1) is 32.4. The number of carbonyl (C=O) groups excluding carboxylic acids is 2. The monoisotopic (exact) mass is 617 g/mol. The number of nitrogens with zero attached hydrogens (tertiary/aromatic N) is 2. The Hall–Kier alpha value is -3.07. The molecular weight excluding hydrogens is 581 g/mol. The first-order chi connectivity index (χ1) is 19.4. The van der Waals surface area contributed by atoms with Crippen LogP contribution < -0.4 is 9.62 Å². The number of para-hydroxylation sites is 1. The molecule has 1 atom stereocenters. The van der Waals surface area contributed by atoms with Gasteiger partial charge in [-0.25, -0.2) is 8.42 Å². The third-order valence-corrected chi connectivity index (χ3v) is 9.25. The third kappa shape index (κ3) is 8.03. The zero-order valence-electron chi connectivity index (χ0n) is 24.0.